The van der Waals surface area contributed by atoms with Crippen LogP contribution in [-0.2, 0) is 4.79 Å². The number of fused-ring (bicyclic) bond motifs is 1. The number of hydrogen-bond acceptors (Lipinski definition) is 3. The van der Waals surface area contributed by atoms with Crippen LogP contribution in [-0.4, -0.2) is 19.6 Å². The third-order valence-electron chi connectivity index (χ3n) is 3.23. The number of carbonyl (C=O) groups excluding carboxylic acids is 1. The maximum Gasteiger partial charge on any atom is 0.246 e. The van der Waals surface area contributed by atoms with E-state index in [9.17, 15) is 4.79 Å². The summed E-state index contributed by atoms with van der Waals surface area (Å²) >= 11 is 3.50. The Labute approximate surface area is 122 Å². The minimum absolute atomic E-state index is 0.0208. The van der Waals surface area contributed by atoms with Crippen molar-refractivity contribution >= 4 is 27.5 Å². The molecule has 2 N–H and O–H groups in total. The molecule has 0 bridgehead atoms. The van der Waals surface area contributed by atoms with E-state index in [4.69, 9.17) is 4.74 Å². The van der Waals surface area contributed by atoms with Gasteiger partial charge in [-0.15, -0.1) is 0 Å². The standard InChI is InChI=1S/C14H19BrN2O2/c1-3-4-5-6-19-12-8-11-9(7-10(12)15)13(16-2)14(18)17-11/h7-8,13,16H,3-6H2,1-2H3,(H,17,18). The number of rotatable bonds is 6. The summed E-state index contributed by atoms with van der Waals surface area (Å²) in [6.07, 6.45) is 3.39. The summed E-state index contributed by atoms with van der Waals surface area (Å²) in [4.78, 5) is 11.8. The van der Waals surface area contributed by atoms with Crippen LogP contribution in [0.1, 0.15) is 37.8 Å². The number of nitrogens with one attached hydrogen (secondary N) is 2. The van der Waals surface area contributed by atoms with Crippen molar-refractivity contribution in [2.24, 2.45) is 0 Å². The highest BCUT2D eigenvalue weighted by molar-refractivity contribution is 9.10. The van der Waals surface area contributed by atoms with Crippen molar-refractivity contribution in [3.8, 4) is 5.75 Å². The molecular weight excluding hydrogens is 308 g/mol. The van der Waals surface area contributed by atoms with Gasteiger partial charge in [-0.3, -0.25) is 4.79 Å². The first-order chi connectivity index (χ1) is 9.17. The van der Waals surface area contributed by atoms with E-state index in [0.717, 1.165) is 27.9 Å². The molecule has 1 aliphatic rings. The summed E-state index contributed by atoms with van der Waals surface area (Å²) in [7, 11) is 1.78. The zero-order valence-corrected chi connectivity index (χ0v) is 12.8. The number of amides is 1. The Morgan fingerprint density at radius 2 is 2.21 bits per heavy atom. The molecule has 1 aromatic rings. The number of likely N-dealkylation sites (N-methyl/N-ethyl adjacent to an activating group) is 1. The summed E-state index contributed by atoms with van der Waals surface area (Å²) < 4.78 is 6.64. The maximum absolute atomic E-state index is 11.8. The molecule has 0 spiro atoms. The van der Waals surface area contributed by atoms with Gasteiger partial charge in [0.25, 0.3) is 0 Å². The lowest BCUT2D eigenvalue weighted by atomic mass is 10.1. The van der Waals surface area contributed by atoms with Gasteiger partial charge in [0, 0.05) is 17.3 Å². The number of halogens is 1. The van der Waals surface area contributed by atoms with Gasteiger partial charge in [-0.2, -0.15) is 0 Å². The normalized spacial score (nSPS) is 17.2. The SMILES string of the molecule is CCCCCOc1cc2c(cc1Br)C(NC)C(=O)N2. The van der Waals surface area contributed by atoms with Crippen LogP contribution < -0.4 is 15.4 Å². The van der Waals surface area contributed by atoms with Gasteiger partial charge in [-0.1, -0.05) is 19.8 Å². The molecule has 104 valence electrons. The molecule has 19 heavy (non-hydrogen) atoms. The Hall–Kier alpha value is -1.07. The van der Waals surface area contributed by atoms with Crippen LogP contribution in [0.4, 0.5) is 5.69 Å². The third kappa shape index (κ3) is 3.09. The monoisotopic (exact) mass is 326 g/mol. The van der Waals surface area contributed by atoms with Crippen LogP contribution >= 0.6 is 15.9 Å². The van der Waals surface area contributed by atoms with E-state index in [2.05, 4.69) is 33.5 Å². The lowest BCUT2D eigenvalue weighted by molar-refractivity contribution is -0.117. The van der Waals surface area contributed by atoms with Gasteiger partial charge in [-0.25, -0.2) is 0 Å². The van der Waals surface area contributed by atoms with Crippen LogP contribution in [0.5, 0.6) is 5.75 Å². The van der Waals surface area contributed by atoms with Crippen molar-refractivity contribution in [2.45, 2.75) is 32.2 Å². The largest absolute Gasteiger partial charge is 0.492 e. The van der Waals surface area contributed by atoms with Crippen LogP contribution in [0, 0.1) is 0 Å². The maximum atomic E-state index is 11.8. The fourth-order valence-electron chi connectivity index (χ4n) is 2.19. The van der Waals surface area contributed by atoms with Gasteiger partial charge in [0.15, 0.2) is 0 Å². The molecule has 1 amide bonds. The minimum Gasteiger partial charge on any atom is -0.492 e. The lowest BCUT2D eigenvalue weighted by Gasteiger charge is -2.11. The number of benzene rings is 1. The number of unbranched alkanes of at least 4 members (excludes halogenated alkanes) is 2. The highest BCUT2D eigenvalue weighted by Gasteiger charge is 2.30. The van der Waals surface area contributed by atoms with E-state index in [1.165, 1.54) is 12.8 Å². The molecule has 1 aliphatic heterocycles. The Bertz CT molecular complexity index is 477. The van der Waals surface area contributed by atoms with Crippen molar-refractivity contribution in [1.29, 1.82) is 0 Å². The van der Waals surface area contributed by atoms with Crippen molar-refractivity contribution in [3.05, 3.63) is 22.2 Å². The van der Waals surface area contributed by atoms with Crippen LogP contribution in [0.2, 0.25) is 0 Å². The first kappa shape index (κ1) is 14.3. The second-order valence-electron chi connectivity index (χ2n) is 4.64. The third-order valence-corrected chi connectivity index (χ3v) is 3.85. The Balaban J connectivity index is 2.12. The van der Waals surface area contributed by atoms with Crippen LogP contribution in [0.3, 0.4) is 0 Å². The molecule has 1 aromatic carbocycles. The van der Waals surface area contributed by atoms with E-state index < -0.39 is 0 Å². The first-order valence-electron chi connectivity index (χ1n) is 6.61. The number of hydrogen-bond donors (Lipinski definition) is 2. The molecule has 1 unspecified atom stereocenters. The molecule has 0 saturated heterocycles. The van der Waals surface area contributed by atoms with Crippen molar-refractivity contribution in [3.63, 3.8) is 0 Å². The predicted molar refractivity (Wildman–Crippen MR) is 79.6 cm³/mol. The van der Waals surface area contributed by atoms with Gasteiger partial charge in [0.1, 0.15) is 11.8 Å². The van der Waals surface area contributed by atoms with Gasteiger partial charge < -0.3 is 15.4 Å². The van der Waals surface area contributed by atoms with Crippen LogP contribution in [0.15, 0.2) is 16.6 Å². The smallest absolute Gasteiger partial charge is 0.246 e. The minimum atomic E-state index is -0.277. The summed E-state index contributed by atoms with van der Waals surface area (Å²) in [5.74, 6) is 0.763. The van der Waals surface area contributed by atoms with Crippen LogP contribution in [0.25, 0.3) is 0 Å². The lowest BCUT2D eigenvalue weighted by Crippen LogP contribution is -2.23. The molecule has 0 saturated carbocycles. The van der Waals surface area contributed by atoms with E-state index in [1.54, 1.807) is 7.05 Å². The fraction of sp³-hybridized carbons (Fsp3) is 0.500. The molecule has 0 aromatic heterocycles. The second kappa shape index (κ2) is 6.39. The topological polar surface area (TPSA) is 50.4 Å². The fourth-order valence-corrected chi connectivity index (χ4v) is 2.67. The molecule has 2 rings (SSSR count). The van der Waals surface area contributed by atoms with Gasteiger partial charge in [0.2, 0.25) is 5.91 Å². The van der Waals surface area contributed by atoms with Gasteiger partial charge >= 0.3 is 0 Å². The Morgan fingerprint density at radius 3 is 2.89 bits per heavy atom. The summed E-state index contributed by atoms with van der Waals surface area (Å²) in [5, 5.41) is 5.87. The Morgan fingerprint density at radius 1 is 1.42 bits per heavy atom. The summed E-state index contributed by atoms with van der Waals surface area (Å²) in [5.41, 5.74) is 1.79. The number of ether oxygens (including phenoxy) is 1. The quantitative estimate of drug-likeness (QED) is 0.789. The number of carbonyl (C=O) groups is 1. The van der Waals surface area contributed by atoms with Crippen molar-refractivity contribution in [2.75, 3.05) is 19.0 Å². The van der Waals surface area contributed by atoms with Crippen molar-refractivity contribution in [1.82, 2.24) is 5.32 Å². The molecule has 5 heteroatoms. The van der Waals surface area contributed by atoms with E-state index in [-0.39, 0.29) is 11.9 Å². The molecule has 4 nitrogen and oxygen atoms in total. The highest BCUT2D eigenvalue weighted by Crippen LogP contribution is 2.38. The molecule has 1 heterocycles. The zero-order valence-electron chi connectivity index (χ0n) is 11.3. The van der Waals surface area contributed by atoms with Crippen molar-refractivity contribution < 1.29 is 9.53 Å². The average Bonchev–Trinajstić information content (AvgIpc) is 2.69. The molecular formula is C14H19BrN2O2. The van der Waals surface area contributed by atoms with E-state index in [0.29, 0.717) is 6.61 Å². The highest BCUT2D eigenvalue weighted by atomic mass is 79.9. The molecule has 0 aliphatic carbocycles. The molecule has 0 fully saturated rings. The summed E-state index contributed by atoms with van der Waals surface area (Å²) in [6.45, 7) is 2.87. The van der Waals surface area contributed by atoms with E-state index in [1.807, 2.05) is 12.1 Å². The number of anilines is 1. The second-order valence-corrected chi connectivity index (χ2v) is 5.49. The molecule has 1 atom stereocenters. The average molecular weight is 327 g/mol. The van der Waals surface area contributed by atoms with Gasteiger partial charge in [-0.05, 0) is 35.5 Å². The predicted octanol–water partition coefficient (Wildman–Crippen LogP) is 3.23. The van der Waals surface area contributed by atoms with E-state index >= 15 is 0 Å². The zero-order chi connectivity index (χ0) is 13.8. The Kier molecular flexibility index (Phi) is 4.82. The first-order valence-corrected chi connectivity index (χ1v) is 7.41. The van der Waals surface area contributed by atoms with Gasteiger partial charge in [0.05, 0.1) is 11.1 Å². The molecule has 0 radical (unpaired) electrons. The summed E-state index contributed by atoms with van der Waals surface area (Å²) in [6, 6.07) is 3.56.